The summed E-state index contributed by atoms with van der Waals surface area (Å²) >= 11 is 0. The fourth-order valence-corrected chi connectivity index (χ4v) is 2.88. The Bertz CT molecular complexity index is 1030. The summed E-state index contributed by atoms with van der Waals surface area (Å²) in [5, 5.41) is 3.96. The lowest BCUT2D eigenvalue weighted by molar-refractivity contribution is 0.112. The number of aldehydes is 1. The van der Waals surface area contributed by atoms with Gasteiger partial charge in [0.15, 0.2) is 6.29 Å². The molecule has 0 saturated heterocycles. The van der Waals surface area contributed by atoms with Crippen molar-refractivity contribution in [2.45, 2.75) is 6.42 Å². The van der Waals surface area contributed by atoms with Gasteiger partial charge >= 0.3 is 0 Å². The molecular formula is C18H17N5O. The van der Waals surface area contributed by atoms with E-state index < -0.39 is 0 Å². The van der Waals surface area contributed by atoms with Crippen LogP contribution in [0.25, 0.3) is 33.2 Å². The van der Waals surface area contributed by atoms with E-state index in [-0.39, 0.29) is 0 Å². The van der Waals surface area contributed by atoms with E-state index in [1.54, 1.807) is 6.20 Å². The number of fused-ring (bicyclic) bond motifs is 2. The van der Waals surface area contributed by atoms with E-state index >= 15 is 0 Å². The van der Waals surface area contributed by atoms with Crippen molar-refractivity contribution in [1.82, 2.24) is 25.3 Å². The molecule has 24 heavy (non-hydrogen) atoms. The third-order valence-electron chi connectivity index (χ3n) is 4.17. The van der Waals surface area contributed by atoms with Crippen molar-refractivity contribution in [2.75, 3.05) is 13.6 Å². The van der Waals surface area contributed by atoms with E-state index in [0.717, 1.165) is 58.3 Å². The first-order valence-electron chi connectivity index (χ1n) is 7.84. The van der Waals surface area contributed by atoms with Crippen molar-refractivity contribution in [3.8, 4) is 11.1 Å². The van der Waals surface area contributed by atoms with Gasteiger partial charge in [0.2, 0.25) is 0 Å². The molecule has 6 heteroatoms. The summed E-state index contributed by atoms with van der Waals surface area (Å²) in [6.45, 7) is 0.884. The summed E-state index contributed by atoms with van der Waals surface area (Å²) < 4.78 is 0. The van der Waals surface area contributed by atoms with Gasteiger partial charge in [-0.05, 0) is 30.8 Å². The lowest BCUT2D eigenvalue weighted by Gasteiger charge is -2.02. The number of benzene rings is 1. The van der Waals surface area contributed by atoms with E-state index in [4.69, 9.17) is 0 Å². The molecule has 4 rings (SSSR count). The van der Waals surface area contributed by atoms with Gasteiger partial charge in [-0.2, -0.15) is 0 Å². The van der Waals surface area contributed by atoms with Gasteiger partial charge in [0, 0.05) is 41.9 Å². The Labute approximate surface area is 138 Å². The second kappa shape index (κ2) is 5.90. The second-order valence-corrected chi connectivity index (χ2v) is 5.75. The van der Waals surface area contributed by atoms with Crippen LogP contribution < -0.4 is 5.32 Å². The van der Waals surface area contributed by atoms with Crippen LogP contribution in [0.1, 0.15) is 16.2 Å². The number of likely N-dealkylation sites (N-methyl/N-ethyl adjacent to an activating group) is 1. The first-order valence-corrected chi connectivity index (χ1v) is 7.84. The molecule has 0 aliphatic carbocycles. The molecule has 0 unspecified atom stereocenters. The van der Waals surface area contributed by atoms with Crippen LogP contribution in [0.5, 0.6) is 0 Å². The summed E-state index contributed by atoms with van der Waals surface area (Å²) in [5.74, 6) is 0.971. The molecule has 0 atom stereocenters. The molecule has 3 aromatic heterocycles. The van der Waals surface area contributed by atoms with Crippen LogP contribution in [0.4, 0.5) is 0 Å². The minimum Gasteiger partial charge on any atom is -0.345 e. The average Bonchev–Trinajstić information content (AvgIpc) is 3.21. The quantitative estimate of drug-likeness (QED) is 0.494. The molecule has 1 aromatic carbocycles. The van der Waals surface area contributed by atoms with Gasteiger partial charge in [-0.1, -0.05) is 6.07 Å². The van der Waals surface area contributed by atoms with Crippen LogP contribution in [0.3, 0.4) is 0 Å². The monoisotopic (exact) mass is 319 g/mol. The number of nitrogens with zero attached hydrogens (tertiary/aromatic N) is 2. The summed E-state index contributed by atoms with van der Waals surface area (Å²) in [6.07, 6.45) is 5.20. The predicted octanol–water partition coefficient (Wildman–Crippen LogP) is 2.68. The van der Waals surface area contributed by atoms with Crippen LogP contribution >= 0.6 is 0 Å². The van der Waals surface area contributed by atoms with E-state index in [1.807, 2.05) is 31.4 Å². The van der Waals surface area contributed by atoms with Crippen molar-refractivity contribution in [2.24, 2.45) is 0 Å². The fraction of sp³-hybridized carbons (Fsp3) is 0.167. The van der Waals surface area contributed by atoms with Crippen LogP contribution in [0, 0.1) is 0 Å². The molecule has 0 aliphatic rings. The molecule has 0 aliphatic heterocycles. The van der Waals surface area contributed by atoms with Gasteiger partial charge in [0.25, 0.3) is 0 Å². The third-order valence-corrected chi connectivity index (χ3v) is 4.17. The van der Waals surface area contributed by atoms with Crippen molar-refractivity contribution < 1.29 is 4.79 Å². The number of hydrogen-bond donors (Lipinski definition) is 3. The molecule has 3 N–H and O–H groups in total. The van der Waals surface area contributed by atoms with Crippen LogP contribution in [-0.2, 0) is 6.42 Å². The topological polar surface area (TPSA) is 86.5 Å². The molecule has 4 aromatic rings. The number of pyridine rings is 1. The lowest BCUT2D eigenvalue weighted by atomic mass is 10.1. The lowest BCUT2D eigenvalue weighted by Crippen LogP contribution is -2.10. The van der Waals surface area contributed by atoms with E-state index in [0.29, 0.717) is 5.56 Å². The second-order valence-electron chi connectivity index (χ2n) is 5.75. The fourth-order valence-electron chi connectivity index (χ4n) is 2.88. The Balaban J connectivity index is 1.76. The largest absolute Gasteiger partial charge is 0.345 e. The number of nitrogens with one attached hydrogen (secondary N) is 3. The van der Waals surface area contributed by atoms with Crippen LogP contribution in [-0.4, -0.2) is 39.8 Å². The molecule has 0 amide bonds. The van der Waals surface area contributed by atoms with Gasteiger partial charge in [0.1, 0.15) is 11.5 Å². The summed E-state index contributed by atoms with van der Waals surface area (Å²) in [5.41, 5.74) is 5.31. The van der Waals surface area contributed by atoms with E-state index in [2.05, 4.69) is 31.3 Å². The molecule has 0 bridgehead atoms. The highest BCUT2D eigenvalue weighted by molar-refractivity contribution is 5.97. The number of aromatic amines is 2. The molecule has 0 fully saturated rings. The Morgan fingerprint density at radius 3 is 3.00 bits per heavy atom. The van der Waals surface area contributed by atoms with Crippen molar-refractivity contribution in [3.63, 3.8) is 0 Å². The highest BCUT2D eigenvalue weighted by Crippen LogP contribution is 2.26. The number of imidazole rings is 1. The molecular weight excluding hydrogens is 302 g/mol. The maximum Gasteiger partial charge on any atom is 0.152 e. The van der Waals surface area contributed by atoms with Gasteiger partial charge in [0.05, 0.1) is 11.0 Å². The summed E-state index contributed by atoms with van der Waals surface area (Å²) in [7, 11) is 1.93. The molecule has 3 heterocycles. The Morgan fingerprint density at radius 1 is 1.25 bits per heavy atom. The number of aromatic nitrogens is 4. The maximum absolute atomic E-state index is 11.1. The van der Waals surface area contributed by atoms with E-state index in [1.165, 1.54) is 0 Å². The molecule has 120 valence electrons. The Morgan fingerprint density at radius 2 is 2.17 bits per heavy atom. The zero-order valence-electron chi connectivity index (χ0n) is 13.3. The van der Waals surface area contributed by atoms with Gasteiger partial charge in [-0.3, -0.25) is 4.79 Å². The van der Waals surface area contributed by atoms with E-state index in [9.17, 15) is 4.79 Å². The van der Waals surface area contributed by atoms with Crippen molar-refractivity contribution in [3.05, 3.63) is 48.0 Å². The van der Waals surface area contributed by atoms with Crippen molar-refractivity contribution >= 4 is 28.4 Å². The van der Waals surface area contributed by atoms with Crippen LogP contribution in [0.15, 0.2) is 36.7 Å². The number of H-pyrrole nitrogens is 2. The molecule has 6 nitrogen and oxygen atoms in total. The minimum absolute atomic E-state index is 0.622. The minimum atomic E-state index is 0.622. The third kappa shape index (κ3) is 2.47. The first-order chi connectivity index (χ1) is 11.8. The van der Waals surface area contributed by atoms with Crippen molar-refractivity contribution in [1.29, 1.82) is 0 Å². The molecule has 0 saturated carbocycles. The molecule has 0 spiro atoms. The van der Waals surface area contributed by atoms with Gasteiger partial charge in [-0.25, -0.2) is 9.97 Å². The average molecular weight is 319 g/mol. The Hall–Kier alpha value is -2.99. The number of carbonyl (C=O) groups excluding carboxylic acids is 1. The SMILES string of the molecule is CNCCc1nc2ccc(-c3cnc4[nH]cc(C=O)c4c3)cc2[nH]1. The smallest absolute Gasteiger partial charge is 0.152 e. The summed E-state index contributed by atoms with van der Waals surface area (Å²) in [6, 6.07) is 8.09. The first kappa shape index (κ1) is 14.6. The normalized spacial score (nSPS) is 11.4. The number of hydrogen-bond acceptors (Lipinski definition) is 4. The highest BCUT2D eigenvalue weighted by Gasteiger charge is 2.08. The number of carbonyl (C=O) groups is 1. The highest BCUT2D eigenvalue weighted by atomic mass is 16.1. The molecule has 0 radical (unpaired) electrons. The zero-order chi connectivity index (χ0) is 16.5. The predicted molar refractivity (Wildman–Crippen MR) is 94.2 cm³/mol. The van der Waals surface area contributed by atoms with Crippen LogP contribution in [0.2, 0.25) is 0 Å². The maximum atomic E-state index is 11.1. The number of rotatable bonds is 5. The van der Waals surface area contributed by atoms with Gasteiger partial charge in [-0.15, -0.1) is 0 Å². The summed E-state index contributed by atoms with van der Waals surface area (Å²) in [4.78, 5) is 26.5. The zero-order valence-corrected chi connectivity index (χ0v) is 13.3. The Kier molecular flexibility index (Phi) is 3.59. The van der Waals surface area contributed by atoms with Gasteiger partial charge < -0.3 is 15.3 Å². The standard InChI is InChI=1S/C18H17N5O/c1-19-5-4-17-22-15-3-2-11(7-16(15)23-17)12-6-14-13(10-24)9-21-18(14)20-8-12/h2-3,6-10,19H,4-5H2,1H3,(H,20,21)(H,22,23).